The van der Waals surface area contributed by atoms with Crippen LogP contribution in [-0.4, -0.2) is 124 Å². The molecule has 3 saturated heterocycles. The normalized spacial score (nSPS) is 59.2. The van der Waals surface area contributed by atoms with Crippen LogP contribution >= 0.6 is 0 Å². The maximum absolute atomic E-state index is 12.9. The SMILES string of the molecule is CCN1C[C@]2(COC)[C@H](O)C[C@H](OC)[C@]34C1[C@H]([C@H](OC)[C@H]23)[C@@]1(O)C[C@H](OC)[C@]2(O)C[C@@H]4[C@@H]1[C@@H](OC)O2. The Morgan fingerprint density at radius 2 is 1.67 bits per heavy atom. The third-order valence-corrected chi connectivity index (χ3v) is 11.5. The molecule has 1 unspecified atom stereocenters. The van der Waals surface area contributed by atoms with E-state index >= 15 is 0 Å². The fraction of sp³-hybridized carbons (Fsp3) is 1.00. The summed E-state index contributed by atoms with van der Waals surface area (Å²) in [5, 5.41) is 36.6. The van der Waals surface area contributed by atoms with Crippen molar-refractivity contribution in [3.05, 3.63) is 0 Å². The Labute approximate surface area is 213 Å². The van der Waals surface area contributed by atoms with Gasteiger partial charge >= 0.3 is 0 Å². The molecule has 0 aromatic carbocycles. The Kier molecular flexibility index (Phi) is 5.96. The standard InChI is InChI=1S/C26H43NO9/c1-7-27-11-23(12-31-2)14(28)8-15(32-3)26-13-9-25(30)16(33-4)10-24(29,17(13)22(35-6)36-25)18(21(26)27)19(34-5)20(23)26/h13-22,28-30H,7-12H2,1-6H3/t13-,14-,15+,16+,17-,18+,19+,20-,21?,22+,23+,24-,25+,26+/m1/s1. The van der Waals surface area contributed by atoms with E-state index in [2.05, 4.69) is 11.8 Å². The van der Waals surface area contributed by atoms with Crippen molar-refractivity contribution in [3.8, 4) is 0 Å². The largest absolute Gasteiger partial charge is 0.392 e. The summed E-state index contributed by atoms with van der Waals surface area (Å²) in [7, 11) is 8.22. The zero-order valence-corrected chi connectivity index (χ0v) is 22.3. The molecule has 1 spiro atoms. The highest BCUT2D eigenvalue weighted by molar-refractivity contribution is 5.35. The van der Waals surface area contributed by atoms with E-state index in [0.29, 0.717) is 19.6 Å². The molecule has 7 rings (SSSR count). The highest BCUT2D eigenvalue weighted by Gasteiger charge is 2.87. The first-order valence-electron chi connectivity index (χ1n) is 13.3. The van der Waals surface area contributed by atoms with Gasteiger partial charge < -0.3 is 43.7 Å². The van der Waals surface area contributed by atoms with Gasteiger partial charge in [-0.05, 0) is 12.5 Å². The molecule has 9 bridgehead atoms. The number of aliphatic hydroxyl groups excluding tert-OH is 1. The van der Waals surface area contributed by atoms with Crippen LogP contribution in [0.4, 0.5) is 0 Å². The number of piperidine rings is 1. The second kappa shape index (κ2) is 8.30. The molecule has 0 aromatic heterocycles. The van der Waals surface area contributed by atoms with Crippen LogP contribution in [0.2, 0.25) is 0 Å². The number of rotatable bonds is 7. The fourth-order valence-electron chi connectivity index (χ4n) is 10.7. The van der Waals surface area contributed by atoms with Crippen LogP contribution < -0.4 is 0 Å². The van der Waals surface area contributed by atoms with Gasteiger partial charge in [0, 0.05) is 96.0 Å². The predicted octanol–water partition coefficient (Wildman–Crippen LogP) is -0.172. The highest BCUT2D eigenvalue weighted by atomic mass is 16.7. The predicted molar refractivity (Wildman–Crippen MR) is 126 cm³/mol. The van der Waals surface area contributed by atoms with E-state index in [1.54, 1.807) is 35.5 Å². The van der Waals surface area contributed by atoms with E-state index in [1.165, 1.54) is 0 Å². The lowest BCUT2D eigenvalue weighted by molar-refractivity contribution is -0.389. The topological polar surface area (TPSA) is 119 Å². The summed E-state index contributed by atoms with van der Waals surface area (Å²) in [6.45, 7) is 3.90. The van der Waals surface area contributed by atoms with Crippen molar-refractivity contribution in [2.24, 2.45) is 34.5 Å². The molecular formula is C26H43NO9. The van der Waals surface area contributed by atoms with E-state index in [9.17, 15) is 15.3 Å². The van der Waals surface area contributed by atoms with Gasteiger partial charge in [-0.25, -0.2) is 0 Å². The summed E-state index contributed by atoms with van der Waals surface area (Å²) >= 11 is 0. The van der Waals surface area contributed by atoms with E-state index < -0.39 is 46.6 Å². The Morgan fingerprint density at radius 1 is 0.944 bits per heavy atom. The van der Waals surface area contributed by atoms with Crippen molar-refractivity contribution >= 4 is 0 Å². The average Bonchev–Trinajstić information content (AvgIpc) is 2.95. The summed E-state index contributed by atoms with van der Waals surface area (Å²) in [5.74, 6) is -2.74. The molecule has 10 heteroatoms. The molecule has 3 aliphatic heterocycles. The van der Waals surface area contributed by atoms with Crippen molar-refractivity contribution < 1.29 is 43.7 Å². The lowest BCUT2D eigenvalue weighted by Crippen LogP contribution is -2.79. The smallest absolute Gasteiger partial charge is 0.195 e. The van der Waals surface area contributed by atoms with Gasteiger partial charge in [-0.2, -0.15) is 0 Å². The molecule has 0 amide bonds. The molecule has 3 N–H and O–H groups in total. The molecule has 0 aromatic rings. The average molecular weight is 514 g/mol. The van der Waals surface area contributed by atoms with Gasteiger partial charge in [-0.3, -0.25) is 4.90 Å². The summed E-state index contributed by atoms with van der Waals surface area (Å²) in [6.07, 6.45) is -1.91. The fourth-order valence-corrected chi connectivity index (χ4v) is 10.7. The van der Waals surface area contributed by atoms with Gasteiger partial charge in [0.25, 0.3) is 0 Å². The monoisotopic (exact) mass is 513 g/mol. The summed E-state index contributed by atoms with van der Waals surface area (Å²) < 4.78 is 36.3. The van der Waals surface area contributed by atoms with E-state index in [4.69, 9.17) is 28.4 Å². The molecule has 0 radical (unpaired) electrons. The van der Waals surface area contributed by atoms with Crippen molar-refractivity contribution in [1.29, 1.82) is 0 Å². The molecule has 10 nitrogen and oxygen atoms in total. The van der Waals surface area contributed by atoms with Crippen LogP contribution in [0.15, 0.2) is 0 Å². The first-order chi connectivity index (χ1) is 17.2. The van der Waals surface area contributed by atoms with Crippen LogP contribution in [0.5, 0.6) is 0 Å². The van der Waals surface area contributed by atoms with Gasteiger partial charge in [0.2, 0.25) is 0 Å². The molecule has 3 heterocycles. The van der Waals surface area contributed by atoms with E-state index in [-0.39, 0.29) is 48.8 Å². The number of likely N-dealkylation sites (tertiary alicyclic amines) is 1. The van der Waals surface area contributed by atoms with Crippen LogP contribution in [0.25, 0.3) is 0 Å². The molecule has 7 fully saturated rings. The van der Waals surface area contributed by atoms with Gasteiger partial charge in [0.15, 0.2) is 12.1 Å². The Bertz CT molecular complexity index is 878. The second-order valence-corrected chi connectivity index (χ2v) is 12.2. The van der Waals surface area contributed by atoms with Crippen molar-refractivity contribution in [2.45, 2.75) is 74.3 Å². The first-order valence-corrected chi connectivity index (χ1v) is 13.3. The minimum absolute atomic E-state index is 0.0680. The van der Waals surface area contributed by atoms with Gasteiger partial charge in [-0.15, -0.1) is 0 Å². The Morgan fingerprint density at radius 3 is 2.25 bits per heavy atom. The summed E-state index contributed by atoms with van der Waals surface area (Å²) in [6, 6.07) is -0.0680. The number of ether oxygens (including phenoxy) is 6. The Hall–Kier alpha value is -0.400. The van der Waals surface area contributed by atoms with E-state index in [1.807, 2.05) is 0 Å². The summed E-state index contributed by atoms with van der Waals surface area (Å²) in [5.41, 5.74) is -2.43. The number of fused-ring (bicyclic) bond motifs is 2. The maximum atomic E-state index is 12.9. The molecule has 36 heavy (non-hydrogen) atoms. The first kappa shape index (κ1) is 25.9. The molecule has 7 aliphatic rings. The van der Waals surface area contributed by atoms with Gasteiger partial charge in [0.1, 0.15) is 6.10 Å². The number of hydrogen-bond acceptors (Lipinski definition) is 10. The number of methoxy groups -OCH3 is 5. The lowest BCUT2D eigenvalue weighted by atomic mass is 9.41. The zero-order valence-electron chi connectivity index (χ0n) is 22.3. The second-order valence-electron chi connectivity index (χ2n) is 12.2. The van der Waals surface area contributed by atoms with Gasteiger partial charge in [0.05, 0.1) is 30.5 Å². The Balaban J connectivity index is 1.68. The van der Waals surface area contributed by atoms with Crippen molar-refractivity contribution in [1.82, 2.24) is 4.90 Å². The number of nitrogens with zero attached hydrogens (tertiary/aromatic N) is 1. The summed E-state index contributed by atoms with van der Waals surface area (Å²) in [4.78, 5) is 2.41. The van der Waals surface area contributed by atoms with Crippen LogP contribution in [-0.2, 0) is 28.4 Å². The molecule has 4 aliphatic carbocycles. The van der Waals surface area contributed by atoms with Crippen molar-refractivity contribution in [2.75, 3.05) is 55.2 Å². The molecule has 206 valence electrons. The third-order valence-electron chi connectivity index (χ3n) is 11.5. The minimum Gasteiger partial charge on any atom is -0.392 e. The van der Waals surface area contributed by atoms with Crippen LogP contribution in [0, 0.1) is 34.5 Å². The minimum atomic E-state index is -1.62. The third kappa shape index (κ3) is 2.67. The molecular weight excluding hydrogens is 470 g/mol. The van der Waals surface area contributed by atoms with Crippen molar-refractivity contribution in [3.63, 3.8) is 0 Å². The molecule has 4 saturated carbocycles. The van der Waals surface area contributed by atoms with Crippen LogP contribution in [0.3, 0.4) is 0 Å². The lowest BCUT2D eigenvalue weighted by Gasteiger charge is -2.71. The van der Waals surface area contributed by atoms with E-state index in [0.717, 1.165) is 6.54 Å². The maximum Gasteiger partial charge on any atom is 0.195 e. The number of aliphatic hydroxyl groups is 3. The molecule has 14 atom stereocenters. The highest BCUT2D eigenvalue weighted by Crippen LogP contribution is 2.78. The quantitative estimate of drug-likeness (QED) is 0.423. The van der Waals surface area contributed by atoms with Crippen LogP contribution in [0.1, 0.15) is 26.2 Å². The zero-order chi connectivity index (χ0) is 25.8. The van der Waals surface area contributed by atoms with Gasteiger partial charge in [-0.1, -0.05) is 6.92 Å². The number of hydrogen-bond donors (Lipinski definition) is 3.